The number of rotatable bonds is 2. The predicted molar refractivity (Wildman–Crippen MR) is 85.3 cm³/mol. The molecule has 0 spiro atoms. The summed E-state index contributed by atoms with van der Waals surface area (Å²) in [6, 6.07) is 14.3. The summed E-state index contributed by atoms with van der Waals surface area (Å²) in [7, 11) is 0. The number of nitrogen functional groups attached to an aromatic ring is 1. The highest BCUT2D eigenvalue weighted by Gasteiger charge is 2.28. The van der Waals surface area contributed by atoms with Gasteiger partial charge in [0.2, 0.25) is 0 Å². The number of esters is 1. The lowest BCUT2D eigenvalue weighted by Crippen LogP contribution is -2.41. The number of benzene rings is 2. The van der Waals surface area contributed by atoms with Gasteiger partial charge < -0.3 is 15.8 Å². The van der Waals surface area contributed by atoms with Gasteiger partial charge in [0.25, 0.3) is 0 Å². The van der Waals surface area contributed by atoms with Crippen molar-refractivity contribution in [2.45, 2.75) is 12.5 Å². The van der Waals surface area contributed by atoms with Crippen molar-refractivity contribution < 1.29 is 9.53 Å². The molecular weight excluding hydrogens is 284 g/mol. The van der Waals surface area contributed by atoms with Crippen molar-refractivity contribution in [2.24, 2.45) is 0 Å². The third kappa shape index (κ3) is 2.87. The number of carbonyl (C=O) groups excluding carboxylic acids is 1. The van der Waals surface area contributed by atoms with Crippen molar-refractivity contribution in [1.82, 2.24) is 5.32 Å². The molecule has 1 aliphatic rings. The minimum absolute atomic E-state index is 0.343. The van der Waals surface area contributed by atoms with E-state index in [1.54, 1.807) is 18.2 Å². The molecule has 0 fully saturated rings. The standard InChI is InChI=1S/C16H14N2O2S/c17-11-6-7-14-12(9-11)15(21)18-13(16(19)20-14)8-10-4-2-1-3-5-10/h1-7,9,13H,8,17H2,(H,18,21)/t13-/m0/s1. The minimum atomic E-state index is -0.506. The largest absolute Gasteiger partial charge is 0.424 e. The first-order valence-corrected chi connectivity index (χ1v) is 7.00. The second-order valence-corrected chi connectivity index (χ2v) is 5.30. The third-order valence-corrected chi connectivity index (χ3v) is 3.67. The number of carbonyl (C=O) groups is 1. The summed E-state index contributed by atoms with van der Waals surface area (Å²) in [5.74, 6) is 0.104. The number of hydrogen-bond donors (Lipinski definition) is 2. The van der Waals surface area contributed by atoms with Crippen molar-refractivity contribution in [3.8, 4) is 5.75 Å². The first-order chi connectivity index (χ1) is 10.1. The highest BCUT2D eigenvalue weighted by molar-refractivity contribution is 7.80. The Morgan fingerprint density at radius 2 is 1.95 bits per heavy atom. The van der Waals surface area contributed by atoms with Gasteiger partial charge in [-0.2, -0.15) is 0 Å². The second kappa shape index (κ2) is 5.54. The Balaban J connectivity index is 1.87. The van der Waals surface area contributed by atoms with Gasteiger partial charge in [-0.15, -0.1) is 0 Å². The van der Waals surface area contributed by atoms with Gasteiger partial charge in [-0.3, -0.25) is 0 Å². The van der Waals surface area contributed by atoms with E-state index < -0.39 is 6.04 Å². The summed E-state index contributed by atoms with van der Waals surface area (Å²) in [6.45, 7) is 0. The Morgan fingerprint density at radius 1 is 1.19 bits per heavy atom. The molecule has 2 aromatic rings. The fourth-order valence-corrected chi connectivity index (χ4v) is 2.57. The van der Waals surface area contributed by atoms with E-state index in [0.717, 1.165) is 5.56 Å². The summed E-state index contributed by atoms with van der Waals surface area (Å²) < 4.78 is 5.42. The molecule has 0 saturated heterocycles. The van der Waals surface area contributed by atoms with Gasteiger partial charge in [0.15, 0.2) is 0 Å². The Labute approximate surface area is 127 Å². The van der Waals surface area contributed by atoms with Crippen molar-refractivity contribution in [3.05, 3.63) is 59.7 Å². The van der Waals surface area contributed by atoms with Gasteiger partial charge in [-0.1, -0.05) is 42.5 Å². The van der Waals surface area contributed by atoms with Gasteiger partial charge in [-0.05, 0) is 23.8 Å². The SMILES string of the molecule is Nc1ccc2c(c1)C(=S)N[C@@H](Cc1ccccc1)C(=O)O2. The Morgan fingerprint density at radius 3 is 2.71 bits per heavy atom. The van der Waals surface area contributed by atoms with E-state index in [-0.39, 0.29) is 5.97 Å². The van der Waals surface area contributed by atoms with Gasteiger partial charge in [0.1, 0.15) is 16.8 Å². The molecule has 0 radical (unpaired) electrons. The maximum atomic E-state index is 12.2. The summed E-state index contributed by atoms with van der Waals surface area (Å²) >= 11 is 5.35. The third-order valence-electron chi connectivity index (χ3n) is 3.33. The summed E-state index contributed by atoms with van der Waals surface area (Å²) in [6.07, 6.45) is 0.517. The number of nitrogens with two attached hydrogens (primary N) is 1. The maximum absolute atomic E-state index is 12.2. The van der Waals surface area contributed by atoms with E-state index in [2.05, 4.69) is 5.32 Å². The van der Waals surface area contributed by atoms with E-state index in [4.69, 9.17) is 22.7 Å². The molecule has 21 heavy (non-hydrogen) atoms. The number of fused-ring (bicyclic) bond motifs is 1. The van der Waals surface area contributed by atoms with Crippen LogP contribution < -0.4 is 15.8 Å². The van der Waals surface area contributed by atoms with E-state index in [9.17, 15) is 4.79 Å². The van der Waals surface area contributed by atoms with E-state index in [0.29, 0.717) is 28.4 Å². The van der Waals surface area contributed by atoms with Crippen LogP contribution in [0.3, 0.4) is 0 Å². The van der Waals surface area contributed by atoms with Gasteiger partial charge in [-0.25, -0.2) is 4.79 Å². The second-order valence-electron chi connectivity index (χ2n) is 4.89. The smallest absolute Gasteiger partial charge is 0.334 e. The number of ether oxygens (including phenoxy) is 1. The number of anilines is 1. The molecule has 3 N–H and O–H groups in total. The van der Waals surface area contributed by atoms with Crippen LogP contribution in [0.25, 0.3) is 0 Å². The van der Waals surface area contributed by atoms with Crippen LogP contribution in [-0.4, -0.2) is 17.0 Å². The summed E-state index contributed by atoms with van der Waals surface area (Å²) in [4.78, 5) is 12.7. The number of hydrogen-bond acceptors (Lipinski definition) is 4. The lowest BCUT2D eigenvalue weighted by molar-refractivity contribution is -0.136. The molecule has 0 saturated carbocycles. The van der Waals surface area contributed by atoms with Crippen LogP contribution in [0, 0.1) is 0 Å². The fraction of sp³-hybridized carbons (Fsp3) is 0.125. The van der Waals surface area contributed by atoms with Crippen LogP contribution in [0.2, 0.25) is 0 Å². The minimum Gasteiger partial charge on any atom is -0.424 e. The molecule has 0 amide bonds. The Kier molecular flexibility index (Phi) is 3.58. The van der Waals surface area contributed by atoms with Crippen LogP contribution in [0.1, 0.15) is 11.1 Å². The lowest BCUT2D eigenvalue weighted by Gasteiger charge is -2.14. The Hall–Kier alpha value is -2.40. The molecule has 3 rings (SSSR count). The molecule has 1 atom stereocenters. The van der Waals surface area contributed by atoms with E-state index in [1.807, 2.05) is 30.3 Å². The highest BCUT2D eigenvalue weighted by Crippen LogP contribution is 2.25. The fourth-order valence-electron chi connectivity index (χ4n) is 2.27. The van der Waals surface area contributed by atoms with Crippen LogP contribution in [-0.2, 0) is 11.2 Å². The van der Waals surface area contributed by atoms with Gasteiger partial charge in [0, 0.05) is 12.1 Å². The molecule has 5 heteroatoms. The van der Waals surface area contributed by atoms with Crippen LogP contribution in [0.5, 0.6) is 5.75 Å². The molecular formula is C16H14N2O2S. The molecule has 2 aromatic carbocycles. The molecule has 0 aromatic heterocycles. The average molecular weight is 298 g/mol. The average Bonchev–Trinajstić information content (AvgIpc) is 2.59. The van der Waals surface area contributed by atoms with Crippen molar-refractivity contribution >= 4 is 28.9 Å². The monoisotopic (exact) mass is 298 g/mol. The molecule has 0 aliphatic carbocycles. The van der Waals surface area contributed by atoms with E-state index in [1.165, 1.54) is 0 Å². The quantitative estimate of drug-likeness (QED) is 0.384. The normalized spacial score (nSPS) is 17.4. The van der Waals surface area contributed by atoms with Gasteiger partial charge >= 0.3 is 5.97 Å². The molecule has 106 valence electrons. The molecule has 4 nitrogen and oxygen atoms in total. The first kappa shape index (κ1) is 13.6. The van der Waals surface area contributed by atoms with Crippen molar-refractivity contribution in [2.75, 3.05) is 5.73 Å². The molecule has 1 heterocycles. The predicted octanol–water partition coefficient (Wildman–Crippen LogP) is 2.06. The first-order valence-electron chi connectivity index (χ1n) is 6.59. The van der Waals surface area contributed by atoms with Crippen LogP contribution >= 0.6 is 12.2 Å². The van der Waals surface area contributed by atoms with Crippen molar-refractivity contribution in [1.29, 1.82) is 0 Å². The topological polar surface area (TPSA) is 64.3 Å². The number of thiocarbonyl (C=S) groups is 1. The zero-order chi connectivity index (χ0) is 14.8. The van der Waals surface area contributed by atoms with Crippen molar-refractivity contribution in [3.63, 3.8) is 0 Å². The lowest BCUT2D eigenvalue weighted by atomic mass is 10.1. The van der Waals surface area contributed by atoms with Crippen LogP contribution in [0.15, 0.2) is 48.5 Å². The zero-order valence-electron chi connectivity index (χ0n) is 11.2. The Bertz CT molecular complexity index is 701. The summed E-state index contributed by atoms with van der Waals surface area (Å²) in [5.41, 5.74) is 8.03. The highest BCUT2D eigenvalue weighted by atomic mass is 32.1. The zero-order valence-corrected chi connectivity index (χ0v) is 12.0. The maximum Gasteiger partial charge on any atom is 0.334 e. The van der Waals surface area contributed by atoms with E-state index >= 15 is 0 Å². The summed E-state index contributed by atoms with van der Waals surface area (Å²) in [5, 5.41) is 3.06. The molecule has 0 unspecified atom stereocenters. The number of nitrogens with one attached hydrogen (secondary N) is 1. The molecule has 0 bridgehead atoms. The van der Waals surface area contributed by atoms with Gasteiger partial charge in [0.05, 0.1) is 5.56 Å². The molecule has 1 aliphatic heterocycles. The van der Waals surface area contributed by atoms with Crippen LogP contribution in [0.4, 0.5) is 5.69 Å².